The summed E-state index contributed by atoms with van der Waals surface area (Å²) >= 11 is 0. The van der Waals surface area contributed by atoms with E-state index in [1.807, 2.05) is 0 Å². The Hall–Kier alpha value is 0. The van der Waals surface area contributed by atoms with Crippen LogP contribution < -0.4 is 0 Å². The number of hydrogen-bond donors (Lipinski definition) is 0. The van der Waals surface area contributed by atoms with Crippen LogP contribution in [0.4, 0.5) is 0 Å². The Morgan fingerprint density at radius 1 is 0.389 bits per heavy atom. The fourth-order valence-electron chi connectivity index (χ4n) is 2.37. The van der Waals surface area contributed by atoms with Gasteiger partial charge in [0.2, 0.25) is 0 Å². The van der Waals surface area contributed by atoms with Gasteiger partial charge in [-0.15, -0.1) is 0 Å². The minimum Gasteiger partial charge on any atom is -0.0602 e. The topological polar surface area (TPSA) is 0 Å². The molecule has 0 aliphatic heterocycles. The van der Waals surface area contributed by atoms with E-state index in [9.17, 15) is 0 Å². The molecule has 0 fully saturated rings. The molecule has 0 amide bonds. The third kappa shape index (κ3) is 16.0. The molecule has 0 heterocycles. The van der Waals surface area contributed by atoms with Gasteiger partial charge in [-0.1, -0.05) is 92.9 Å². The van der Waals surface area contributed by atoms with Gasteiger partial charge in [0.25, 0.3) is 0 Å². The minimum absolute atomic E-state index is 0.535. The Balaban J connectivity index is 3.13. The zero-order chi connectivity index (χ0) is 14.1. The third-order valence-corrected chi connectivity index (χ3v) is 3.60. The number of unbranched alkanes of at least 4 members (excludes halogenated alkanes) is 7. The van der Waals surface area contributed by atoms with Gasteiger partial charge in [0.15, 0.2) is 0 Å². The van der Waals surface area contributed by atoms with Crippen molar-refractivity contribution in [1.29, 1.82) is 0 Å². The molecule has 0 aliphatic rings. The summed E-state index contributed by atoms with van der Waals surface area (Å²) in [5.41, 5.74) is 1.07. The Bertz CT molecular complexity index is 155. The molecular formula is C18H38. The van der Waals surface area contributed by atoms with E-state index >= 15 is 0 Å². The zero-order valence-corrected chi connectivity index (χ0v) is 14.1. The average molecular weight is 255 g/mol. The molecule has 0 saturated heterocycles. The summed E-state index contributed by atoms with van der Waals surface area (Å²) in [6, 6.07) is 0. The summed E-state index contributed by atoms with van der Waals surface area (Å²) in [6.07, 6.45) is 14.3. The molecule has 0 rings (SSSR count). The second kappa shape index (κ2) is 8.99. The highest BCUT2D eigenvalue weighted by atomic mass is 14.2. The van der Waals surface area contributed by atoms with E-state index in [2.05, 4.69) is 41.5 Å². The molecule has 0 aromatic heterocycles. The van der Waals surface area contributed by atoms with Crippen molar-refractivity contribution >= 4 is 0 Å². The van der Waals surface area contributed by atoms with Crippen molar-refractivity contribution in [3.63, 3.8) is 0 Å². The van der Waals surface area contributed by atoms with Gasteiger partial charge in [0.1, 0.15) is 0 Å². The maximum Gasteiger partial charge on any atom is -0.0383 e. The Morgan fingerprint density at radius 2 is 0.611 bits per heavy atom. The maximum absolute atomic E-state index is 2.35. The van der Waals surface area contributed by atoms with Crippen LogP contribution in [0.5, 0.6) is 0 Å². The fourth-order valence-corrected chi connectivity index (χ4v) is 2.37. The molecule has 110 valence electrons. The molecule has 0 bridgehead atoms. The zero-order valence-electron chi connectivity index (χ0n) is 14.1. The summed E-state index contributed by atoms with van der Waals surface area (Å²) in [7, 11) is 0. The minimum atomic E-state index is 0.535. The molecule has 0 aromatic rings. The van der Waals surface area contributed by atoms with Gasteiger partial charge in [-0.25, -0.2) is 0 Å². The molecule has 0 saturated carbocycles. The van der Waals surface area contributed by atoms with Gasteiger partial charge in [0.05, 0.1) is 0 Å². The van der Waals surface area contributed by atoms with Crippen LogP contribution in [0, 0.1) is 10.8 Å². The van der Waals surface area contributed by atoms with E-state index < -0.39 is 0 Å². The van der Waals surface area contributed by atoms with Gasteiger partial charge in [-0.05, 0) is 23.7 Å². The average Bonchev–Trinajstić information content (AvgIpc) is 2.17. The Labute approximate surface area is 117 Å². The normalized spacial score (nSPS) is 13.0. The highest BCUT2D eigenvalue weighted by Crippen LogP contribution is 2.24. The summed E-state index contributed by atoms with van der Waals surface area (Å²) in [5, 5.41) is 0. The molecule has 0 atom stereocenters. The molecule has 18 heavy (non-hydrogen) atoms. The van der Waals surface area contributed by atoms with Crippen molar-refractivity contribution < 1.29 is 0 Å². The van der Waals surface area contributed by atoms with Gasteiger partial charge < -0.3 is 0 Å². The predicted octanol–water partition coefficient (Wildman–Crippen LogP) is 6.98. The van der Waals surface area contributed by atoms with E-state index in [1.165, 1.54) is 64.2 Å². The predicted molar refractivity (Wildman–Crippen MR) is 85.1 cm³/mol. The highest BCUT2D eigenvalue weighted by molar-refractivity contribution is 4.62. The van der Waals surface area contributed by atoms with Crippen molar-refractivity contribution in [1.82, 2.24) is 0 Å². The second-order valence-electron chi connectivity index (χ2n) is 8.45. The molecule has 0 heteroatoms. The lowest BCUT2D eigenvalue weighted by Crippen LogP contribution is -2.04. The van der Waals surface area contributed by atoms with Crippen molar-refractivity contribution in [2.75, 3.05) is 0 Å². The first-order valence-corrected chi connectivity index (χ1v) is 8.21. The van der Waals surface area contributed by atoms with E-state index in [0.717, 1.165) is 0 Å². The van der Waals surface area contributed by atoms with Crippen LogP contribution in [0.25, 0.3) is 0 Å². The smallest absolute Gasteiger partial charge is 0.0383 e. The lowest BCUT2D eigenvalue weighted by molar-refractivity contribution is 0.351. The van der Waals surface area contributed by atoms with Crippen LogP contribution in [0.15, 0.2) is 0 Å². The third-order valence-electron chi connectivity index (χ3n) is 3.60. The monoisotopic (exact) mass is 254 g/mol. The summed E-state index contributed by atoms with van der Waals surface area (Å²) < 4.78 is 0. The maximum atomic E-state index is 2.35. The highest BCUT2D eigenvalue weighted by Gasteiger charge is 2.09. The quantitative estimate of drug-likeness (QED) is 0.389. The largest absolute Gasteiger partial charge is 0.0602 e. The van der Waals surface area contributed by atoms with E-state index in [-0.39, 0.29) is 0 Å². The number of hydrogen-bond acceptors (Lipinski definition) is 0. The van der Waals surface area contributed by atoms with Gasteiger partial charge in [-0.2, -0.15) is 0 Å². The summed E-state index contributed by atoms with van der Waals surface area (Å²) in [4.78, 5) is 0. The van der Waals surface area contributed by atoms with E-state index in [0.29, 0.717) is 10.8 Å². The van der Waals surface area contributed by atoms with E-state index in [4.69, 9.17) is 0 Å². The summed E-state index contributed by atoms with van der Waals surface area (Å²) in [6.45, 7) is 14.1. The molecular weight excluding hydrogens is 216 g/mol. The Kier molecular flexibility index (Phi) is 8.99. The van der Waals surface area contributed by atoms with Crippen LogP contribution in [-0.4, -0.2) is 0 Å². The van der Waals surface area contributed by atoms with E-state index in [1.54, 1.807) is 0 Å². The molecule has 0 radical (unpaired) electrons. The first kappa shape index (κ1) is 18.0. The van der Waals surface area contributed by atoms with Crippen molar-refractivity contribution in [2.24, 2.45) is 10.8 Å². The molecule has 0 spiro atoms. The standard InChI is InChI=1S/C18H38/c1-17(2,3)15-13-11-9-7-8-10-12-14-16-18(4,5)6/h7-16H2,1-6H3. The fraction of sp³-hybridized carbons (Fsp3) is 1.00. The second-order valence-corrected chi connectivity index (χ2v) is 8.45. The SMILES string of the molecule is CC(C)(C)CCCCCCCCCCC(C)(C)C. The molecule has 0 aliphatic carbocycles. The van der Waals surface area contributed by atoms with Gasteiger partial charge in [0, 0.05) is 0 Å². The molecule has 0 aromatic carbocycles. The molecule has 0 N–H and O–H groups in total. The molecule has 0 nitrogen and oxygen atoms in total. The lowest BCUT2D eigenvalue weighted by atomic mass is 9.89. The first-order valence-electron chi connectivity index (χ1n) is 8.21. The first-order chi connectivity index (χ1) is 8.21. The van der Waals surface area contributed by atoms with Crippen molar-refractivity contribution in [3.05, 3.63) is 0 Å². The van der Waals surface area contributed by atoms with Gasteiger partial charge in [-0.3, -0.25) is 0 Å². The summed E-state index contributed by atoms with van der Waals surface area (Å²) in [5.74, 6) is 0. The van der Waals surface area contributed by atoms with Crippen LogP contribution >= 0.6 is 0 Å². The van der Waals surface area contributed by atoms with Crippen LogP contribution in [0.3, 0.4) is 0 Å². The lowest BCUT2D eigenvalue weighted by Gasteiger charge is -2.17. The van der Waals surface area contributed by atoms with Crippen molar-refractivity contribution in [2.45, 2.75) is 106 Å². The van der Waals surface area contributed by atoms with Crippen LogP contribution in [-0.2, 0) is 0 Å². The van der Waals surface area contributed by atoms with Crippen LogP contribution in [0.2, 0.25) is 0 Å². The molecule has 0 unspecified atom stereocenters. The van der Waals surface area contributed by atoms with Gasteiger partial charge >= 0.3 is 0 Å². The Morgan fingerprint density at radius 3 is 0.833 bits per heavy atom. The van der Waals surface area contributed by atoms with Crippen LogP contribution in [0.1, 0.15) is 106 Å². The number of rotatable bonds is 9. The van der Waals surface area contributed by atoms with Crippen molar-refractivity contribution in [3.8, 4) is 0 Å².